The maximum atomic E-state index is 10.8. The molecule has 0 bridgehead atoms. The van der Waals surface area contributed by atoms with E-state index in [0.717, 1.165) is 30.1 Å². The zero-order chi connectivity index (χ0) is 11.5. The van der Waals surface area contributed by atoms with Gasteiger partial charge in [0.15, 0.2) is 0 Å². The van der Waals surface area contributed by atoms with Crippen LogP contribution in [-0.2, 0) is 11.3 Å². The summed E-state index contributed by atoms with van der Waals surface area (Å²) in [6.45, 7) is 2.20. The Hall–Kier alpha value is -1.06. The van der Waals surface area contributed by atoms with Crippen LogP contribution in [0.25, 0.3) is 0 Å². The number of carbonyl (C=O) groups is 1. The average molecular weight is 240 g/mol. The SMILES string of the molecule is O=C(O)[C@@H]1CCN(Cc2ccccc2Cl)C1. The van der Waals surface area contributed by atoms with Crippen molar-refractivity contribution >= 4 is 17.6 Å². The van der Waals surface area contributed by atoms with Gasteiger partial charge in [0.25, 0.3) is 0 Å². The van der Waals surface area contributed by atoms with Crippen LogP contribution in [0.1, 0.15) is 12.0 Å². The molecule has 0 radical (unpaired) electrons. The van der Waals surface area contributed by atoms with Crippen molar-refractivity contribution in [1.29, 1.82) is 0 Å². The van der Waals surface area contributed by atoms with E-state index < -0.39 is 5.97 Å². The minimum Gasteiger partial charge on any atom is -0.481 e. The van der Waals surface area contributed by atoms with E-state index in [-0.39, 0.29) is 5.92 Å². The van der Waals surface area contributed by atoms with Crippen LogP contribution < -0.4 is 0 Å². The second-order valence-corrected chi connectivity index (χ2v) is 4.56. The Bertz CT molecular complexity index is 394. The van der Waals surface area contributed by atoms with Gasteiger partial charge in [-0.15, -0.1) is 0 Å². The Balaban J connectivity index is 1.97. The van der Waals surface area contributed by atoms with Gasteiger partial charge in [0, 0.05) is 18.1 Å². The van der Waals surface area contributed by atoms with E-state index in [1.807, 2.05) is 24.3 Å². The molecule has 1 saturated heterocycles. The molecule has 3 nitrogen and oxygen atoms in total. The van der Waals surface area contributed by atoms with Gasteiger partial charge in [-0.05, 0) is 24.6 Å². The summed E-state index contributed by atoms with van der Waals surface area (Å²) in [5.74, 6) is -0.913. The molecule has 1 aromatic carbocycles. The lowest BCUT2D eigenvalue weighted by atomic mass is 10.1. The number of carboxylic acids is 1. The molecule has 0 unspecified atom stereocenters. The smallest absolute Gasteiger partial charge is 0.307 e. The predicted molar refractivity (Wildman–Crippen MR) is 62.5 cm³/mol. The summed E-state index contributed by atoms with van der Waals surface area (Å²) in [7, 11) is 0. The standard InChI is InChI=1S/C12H14ClNO2/c13-11-4-2-1-3-9(11)7-14-6-5-10(8-14)12(15)16/h1-4,10H,5-8H2,(H,15,16)/t10-/m1/s1. The molecular formula is C12H14ClNO2. The molecule has 2 rings (SSSR count). The van der Waals surface area contributed by atoms with E-state index in [9.17, 15) is 4.79 Å². The molecule has 4 heteroatoms. The number of halogens is 1. The Labute approximate surface area is 99.6 Å². The lowest BCUT2D eigenvalue weighted by Crippen LogP contribution is -2.22. The molecule has 86 valence electrons. The molecule has 1 N–H and O–H groups in total. The summed E-state index contributed by atoms with van der Waals surface area (Å²) in [4.78, 5) is 13.0. The third-order valence-corrected chi connectivity index (χ3v) is 3.34. The van der Waals surface area contributed by atoms with Gasteiger partial charge in [-0.3, -0.25) is 9.69 Å². The van der Waals surface area contributed by atoms with Crippen molar-refractivity contribution < 1.29 is 9.90 Å². The molecule has 1 atom stereocenters. The largest absolute Gasteiger partial charge is 0.481 e. The highest BCUT2D eigenvalue weighted by molar-refractivity contribution is 6.31. The molecule has 1 heterocycles. The summed E-state index contributed by atoms with van der Waals surface area (Å²) in [6.07, 6.45) is 0.736. The van der Waals surface area contributed by atoms with Crippen LogP contribution in [0.15, 0.2) is 24.3 Å². The van der Waals surface area contributed by atoms with Gasteiger partial charge in [0.05, 0.1) is 5.92 Å². The lowest BCUT2D eigenvalue weighted by Gasteiger charge is -2.15. The molecule has 1 aromatic rings. The van der Waals surface area contributed by atoms with Crippen molar-refractivity contribution in [3.63, 3.8) is 0 Å². The fourth-order valence-corrected chi connectivity index (χ4v) is 2.24. The van der Waals surface area contributed by atoms with Crippen molar-refractivity contribution in [3.05, 3.63) is 34.9 Å². The maximum Gasteiger partial charge on any atom is 0.307 e. The highest BCUT2D eigenvalue weighted by Crippen LogP contribution is 2.22. The number of hydrogen-bond acceptors (Lipinski definition) is 2. The average Bonchev–Trinajstić information content (AvgIpc) is 2.70. The number of nitrogens with zero attached hydrogens (tertiary/aromatic N) is 1. The van der Waals surface area contributed by atoms with Gasteiger partial charge in [0.1, 0.15) is 0 Å². The van der Waals surface area contributed by atoms with Gasteiger partial charge in [-0.25, -0.2) is 0 Å². The predicted octanol–water partition coefficient (Wildman–Crippen LogP) is 2.25. The van der Waals surface area contributed by atoms with Gasteiger partial charge >= 0.3 is 5.97 Å². The van der Waals surface area contributed by atoms with Crippen LogP contribution in [0.3, 0.4) is 0 Å². The normalized spacial score (nSPS) is 21.2. The topological polar surface area (TPSA) is 40.5 Å². The Kier molecular flexibility index (Phi) is 3.46. The first-order valence-corrected chi connectivity index (χ1v) is 5.73. The maximum absolute atomic E-state index is 10.8. The molecule has 1 aliphatic rings. The first-order chi connectivity index (χ1) is 7.66. The number of hydrogen-bond donors (Lipinski definition) is 1. The molecule has 0 saturated carbocycles. The first-order valence-electron chi connectivity index (χ1n) is 5.35. The molecule has 0 spiro atoms. The quantitative estimate of drug-likeness (QED) is 0.880. The number of likely N-dealkylation sites (tertiary alicyclic amines) is 1. The van der Waals surface area contributed by atoms with Crippen LogP contribution >= 0.6 is 11.6 Å². The minimum absolute atomic E-state index is 0.220. The van der Waals surface area contributed by atoms with Crippen LogP contribution in [0.2, 0.25) is 5.02 Å². The fourth-order valence-electron chi connectivity index (χ4n) is 2.05. The molecule has 0 aliphatic carbocycles. The highest BCUT2D eigenvalue weighted by Gasteiger charge is 2.27. The van der Waals surface area contributed by atoms with Crippen molar-refractivity contribution in [3.8, 4) is 0 Å². The number of aliphatic carboxylic acids is 1. The van der Waals surface area contributed by atoms with E-state index >= 15 is 0 Å². The third-order valence-electron chi connectivity index (χ3n) is 2.97. The van der Waals surface area contributed by atoms with Crippen molar-refractivity contribution in [2.45, 2.75) is 13.0 Å². The van der Waals surface area contributed by atoms with Gasteiger partial charge in [-0.2, -0.15) is 0 Å². The summed E-state index contributed by atoms with van der Waals surface area (Å²) in [6, 6.07) is 7.69. The van der Waals surface area contributed by atoms with E-state index in [1.54, 1.807) is 0 Å². The van der Waals surface area contributed by atoms with Gasteiger partial charge < -0.3 is 5.11 Å². The van der Waals surface area contributed by atoms with Crippen molar-refractivity contribution in [1.82, 2.24) is 4.90 Å². The van der Waals surface area contributed by atoms with Gasteiger partial charge in [-0.1, -0.05) is 29.8 Å². The van der Waals surface area contributed by atoms with Crippen LogP contribution in [0.4, 0.5) is 0 Å². The summed E-state index contributed by atoms with van der Waals surface area (Å²) >= 11 is 6.06. The second kappa shape index (κ2) is 4.85. The molecule has 16 heavy (non-hydrogen) atoms. The van der Waals surface area contributed by atoms with Crippen LogP contribution in [0.5, 0.6) is 0 Å². The van der Waals surface area contributed by atoms with Crippen molar-refractivity contribution in [2.24, 2.45) is 5.92 Å². The van der Waals surface area contributed by atoms with E-state index in [0.29, 0.717) is 6.54 Å². The fraction of sp³-hybridized carbons (Fsp3) is 0.417. The molecule has 0 amide bonds. The highest BCUT2D eigenvalue weighted by atomic mass is 35.5. The van der Waals surface area contributed by atoms with E-state index in [4.69, 9.17) is 16.7 Å². The molecule has 1 aliphatic heterocycles. The summed E-state index contributed by atoms with van der Waals surface area (Å²) < 4.78 is 0. The Morgan fingerprint density at radius 2 is 2.25 bits per heavy atom. The third kappa shape index (κ3) is 2.54. The van der Waals surface area contributed by atoms with Crippen LogP contribution in [-0.4, -0.2) is 29.1 Å². The van der Waals surface area contributed by atoms with E-state index in [1.165, 1.54) is 0 Å². The van der Waals surface area contributed by atoms with Crippen molar-refractivity contribution in [2.75, 3.05) is 13.1 Å². The Morgan fingerprint density at radius 1 is 1.50 bits per heavy atom. The lowest BCUT2D eigenvalue weighted by molar-refractivity contribution is -0.141. The molecule has 1 fully saturated rings. The second-order valence-electron chi connectivity index (χ2n) is 4.15. The molecule has 0 aromatic heterocycles. The summed E-state index contributed by atoms with van der Waals surface area (Å²) in [5.41, 5.74) is 1.07. The van der Waals surface area contributed by atoms with Crippen LogP contribution in [0, 0.1) is 5.92 Å². The number of rotatable bonds is 3. The van der Waals surface area contributed by atoms with E-state index in [2.05, 4.69) is 4.90 Å². The summed E-state index contributed by atoms with van der Waals surface area (Å²) in [5, 5.41) is 9.65. The minimum atomic E-state index is -0.693. The first kappa shape index (κ1) is 11.4. The molecular weight excluding hydrogens is 226 g/mol. The monoisotopic (exact) mass is 239 g/mol. The number of benzene rings is 1. The Morgan fingerprint density at radius 3 is 2.88 bits per heavy atom. The van der Waals surface area contributed by atoms with Gasteiger partial charge in [0.2, 0.25) is 0 Å². The zero-order valence-corrected chi connectivity index (χ0v) is 9.65. The number of carboxylic acid groups (broad SMARTS) is 1. The zero-order valence-electron chi connectivity index (χ0n) is 8.90.